The molecular weight excluding hydrogens is 306 g/mol. The number of carbonyl (C=O) groups is 1. The van der Waals surface area contributed by atoms with Gasteiger partial charge in [0, 0.05) is 24.1 Å². The molecule has 6 heteroatoms. The zero-order valence-corrected chi connectivity index (χ0v) is 13.2. The van der Waals surface area contributed by atoms with Crippen molar-refractivity contribution in [3.05, 3.63) is 66.1 Å². The first kappa shape index (κ1) is 15.7. The van der Waals surface area contributed by atoms with Gasteiger partial charge in [-0.05, 0) is 36.4 Å². The molecule has 3 aromatic rings. The molecule has 0 fully saturated rings. The first-order valence-electron chi connectivity index (χ1n) is 7.56. The third-order valence-electron chi connectivity index (χ3n) is 3.46. The van der Waals surface area contributed by atoms with Crippen molar-refractivity contribution in [3.8, 4) is 17.2 Å². The van der Waals surface area contributed by atoms with Gasteiger partial charge >= 0.3 is 0 Å². The topological polar surface area (TPSA) is 77.3 Å². The fourth-order valence-electron chi connectivity index (χ4n) is 2.18. The van der Waals surface area contributed by atoms with Gasteiger partial charge in [0.25, 0.3) is 5.91 Å². The van der Waals surface area contributed by atoms with Crippen LogP contribution in [0.25, 0.3) is 11.5 Å². The molecule has 1 aromatic heterocycles. The minimum absolute atomic E-state index is 0.120. The van der Waals surface area contributed by atoms with E-state index in [0.29, 0.717) is 30.3 Å². The second kappa shape index (κ2) is 7.41. The lowest BCUT2D eigenvalue weighted by Crippen LogP contribution is -2.25. The summed E-state index contributed by atoms with van der Waals surface area (Å²) in [5.74, 6) is 1.57. The molecule has 0 aliphatic carbocycles. The van der Waals surface area contributed by atoms with Gasteiger partial charge in [-0.15, -0.1) is 10.2 Å². The molecule has 24 heavy (non-hydrogen) atoms. The summed E-state index contributed by atoms with van der Waals surface area (Å²) in [4.78, 5) is 11.9. The van der Waals surface area contributed by atoms with E-state index in [9.17, 15) is 4.79 Å². The third-order valence-corrected chi connectivity index (χ3v) is 3.46. The highest BCUT2D eigenvalue weighted by Crippen LogP contribution is 2.21. The van der Waals surface area contributed by atoms with Crippen LogP contribution in [0.15, 0.2) is 59.0 Å². The van der Waals surface area contributed by atoms with E-state index in [-0.39, 0.29) is 5.91 Å². The van der Waals surface area contributed by atoms with Crippen LogP contribution in [0.1, 0.15) is 16.2 Å². The fraction of sp³-hybridized carbons (Fsp3) is 0.167. The van der Waals surface area contributed by atoms with Gasteiger partial charge in [0.15, 0.2) is 0 Å². The van der Waals surface area contributed by atoms with E-state index in [2.05, 4.69) is 15.5 Å². The largest absolute Gasteiger partial charge is 0.497 e. The molecule has 0 unspecified atom stereocenters. The number of carbonyl (C=O) groups excluding carboxylic acids is 1. The highest BCUT2D eigenvalue weighted by atomic mass is 16.5. The number of hydrogen-bond acceptors (Lipinski definition) is 5. The maximum absolute atomic E-state index is 11.9. The van der Waals surface area contributed by atoms with E-state index in [1.54, 1.807) is 19.2 Å². The zero-order chi connectivity index (χ0) is 16.8. The van der Waals surface area contributed by atoms with Crippen molar-refractivity contribution >= 4 is 5.91 Å². The zero-order valence-electron chi connectivity index (χ0n) is 13.2. The summed E-state index contributed by atoms with van der Waals surface area (Å²) in [6, 6.07) is 16.4. The minimum atomic E-state index is -0.120. The molecule has 0 radical (unpaired) electrons. The SMILES string of the molecule is COc1ccc(-c2nnc(CCNC(=O)c3ccccc3)o2)cc1. The van der Waals surface area contributed by atoms with Gasteiger partial charge in [0.05, 0.1) is 7.11 Å². The third kappa shape index (κ3) is 3.78. The Morgan fingerprint density at radius 3 is 2.54 bits per heavy atom. The van der Waals surface area contributed by atoms with Crippen LogP contribution in [-0.4, -0.2) is 29.8 Å². The fourth-order valence-corrected chi connectivity index (χ4v) is 2.18. The lowest BCUT2D eigenvalue weighted by Gasteiger charge is -2.03. The van der Waals surface area contributed by atoms with Gasteiger partial charge < -0.3 is 14.5 Å². The first-order chi connectivity index (χ1) is 11.8. The van der Waals surface area contributed by atoms with Crippen molar-refractivity contribution < 1.29 is 13.9 Å². The summed E-state index contributed by atoms with van der Waals surface area (Å²) in [5.41, 5.74) is 1.45. The Morgan fingerprint density at radius 1 is 1.08 bits per heavy atom. The van der Waals surface area contributed by atoms with Gasteiger partial charge in [-0.1, -0.05) is 18.2 Å². The first-order valence-corrected chi connectivity index (χ1v) is 7.56. The lowest BCUT2D eigenvalue weighted by atomic mass is 10.2. The molecule has 0 aliphatic heterocycles. The smallest absolute Gasteiger partial charge is 0.251 e. The minimum Gasteiger partial charge on any atom is -0.497 e. The molecule has 6 nitrogen and oxygen atoms in total. The Balaban J connectivity index is 1.55. The van der Waals surface area contributed by atoms with E-state index in [1.165, 1.54) is 0 Å². The Kier molecular flexibility index (Phi) is 4.86. The van der Waals surface area contributed by atoms with Gasteiger partial charge in [0.1, 0.15) is 5.75 Å². The standard InChI is InChI=1S/C18H17N3O3/c1-23-15-9-7-14(8-10-15)18-21-20-16(24-18)11-12-19-17(22)13-5-3-2-4-6-13/h2-10H,11-12H2,1H3,(H,19,22). The average molecular weight is 323 g/mol. The summed E-state index contributed by atoms with van der Waals surface area (Å²) in [6.45, 7) is 0.429. The quantitative estimate of drug-likeness (QED) is 0.755. The van der Waals surface area contributed by atoms with Crippen molar-refractivity contribution in [2.24, 2.45) is 0 Å². The van der Waals surface area contributed by atoms with Gasteiger partial charge in [-0.3, -0.25) is 4.79 Å². The number of methoxy groups -OCH3 is 1. The molecule has 0 atom stereocenters. The molecule has 122 valence electrons. The Hall–Kier alpha value is -3.15. The number of amides is 1. The second-order valence-corrected chi connectivity index (χ2v) is 5.10. The van der Waals surface area contributed by atoms with E-state index >= 15 is 0 Å². The normalized spacial score (nSPS) is 10.4. The molecule has 1 amide bonds. The van der Waals surface area contributed by atoms with E-state index in [0.717, 1.165) is 11.3 Å². The number of rotatable bonds is 6. The molecule has 0 aliphatic rings. The van der Waals surface area contributed by atoms with Crippen molar-refractivity contribution in [1.82, 2.24) is 15.5 Å². The van der Waals surface area contributed by atoms with Crippen LogP contribution in [0.4, 0.5) is 0 Å². The van der Waals surface area contributed by atoms with E-state index in [1.807, 2.05) is 42.5 Å². The summed E-state index contributed by atoms with van der Waals surface area (Å²) < 4.78 is 10.7. The van der Waals surface area contributed by atoms with Crippen LogP contribution in [0.2, 0.25) is 0 Å². The molecule has 3 rings (SSSR count). The predicted octanol–water partition coefficient (Wildman–Crippen LogP) is 2.72. The Bertz CT molecular complexity index is 798. The van der Waals surface area contributed by atoms with E-state index in [4.69, 9.17) is 9.15 Å². The lowest BCUT2D eigenvalue weighted by molar-refractivity contribution is 0.0953. The monoisotopic (exact) mass is 323 g/mol. The van der Waals surface area contributed by atoms with Crippen LogP contribution >= 0.6 is 0 Å². The maximum Gasteiger partial charge on any atom is 0.251 e. The summed E-state index contributed by atoms with van der Waals surface area (Å²) in [5, 5.41) is 10.9. The summed E-state index contributed by atoms with van der Waals surface area (Å²) in [7, 11) is 1.61. The van der Waals surface area contributed by atoms with Gasteiger partial charge in [0.2, 0.25) is 11.8 Å². The molecule has 2 aromatic carbocycles. The van der Waals surface area contributed by atoms with Crippen molar-refractivity contribution in [1.29, 1.82) is 0 Å². The van der Waals surface area contributed by atoms with Crippen molar-refractivity contribution in [3.63, 3.8) is 0 Å². The molecule has 1 N–H and O–H groups in total. The summed E-state index contributed by atoms with van der Waals surface area (Å²) in [6.07, 6.45) is 0.474. The summed E-state index contributed by atoms with van der Waals surface area (Å²) >= 11 is 0. The predicted molar refractivity (Wildman–Crippen MR) is 88.8 cm³/mol. The molecule has 0 bridgehead atoms. The number of nitrogens with one attached hydrogen (secondary N) is 1. The second-order valence-electron chi connectivity index (χ2n) is 5.10. The van der Waals surface area contributed by atoms with Crippen molar-refractivity contribution in [2.45, 2.75) is 6.42 Å². The van der Waals surface area contributed by atoms with Crippen LogP contribution in [0.3, 0.4) is 0 Å². The number of hydrogen-bond donors (Lipinski definition) is 1. The number of nitrogens with zero attached hydrogens (tertiary/aromatic N) is 2. The molecule has 0 spiro atoms. The van der Waals surface area contributed by atoms with Crippen molar-refractivity contribution in [2.75, 3.05) is 13.7 Å². The number of benzene rings is 2. The van der Waals surface area contributed by atoms with E-state index < -0.39 is 0 Å². The number of ether oxygens (including phenoxy) is 1. The maximum atomic E-state index is 11.9. The van der Waals surface area contributed by atoms with Crippen LogP contribution < -0.4 is 10.1 Å². The average Bonchev–Trinajstić information content (AvgIpc) is 3.11. The Labute approximate surface area is 139 Å². The van der Waals surface area contributed by atoms with Crippen LogP contribution in [0.5, 0.6) is 5.75 Å². The van der Waals surface area contributed by atoms with Gasteiger partial charge in [-0.2, -0.15) is 0 Å². The van der Waals surface area contributed by atoms with Gasteiger partial charge in [-0.25, -0.2) is 0 Å². The highest BCUT2D eigenvalue weighted by Gasteiger charge is 2.10. The number of aromatic nitrogens is 2. The highest BCUT2D eigenvalue weighted by molar-refractivity contribution is 5.94. The molecule has 0 saturated heterocycles. The van der Waals surface area contributed by atoms with Crippen LogP contribution in [0, 0.1) is 0 Å². The molecule has 1 heterocycles. The van der Waals surface area contributed by atoms with Crippen LogP contribution in [-0.2, 0) is 6.42 Å². The Morgan fingerprint density at radius 2 is 1.83 bits per heavy atom. The molecule has 0 saturated carbocycles. The molecular formula is C18H17N3O3.